The zero-order valence-corrected chi connectivity index (χ0v) is 12.6. The largest absolute Gasteiger partial charge is 0.458 e. The van der Waals surface area contributed by atoms with Gasteiger partial charge in [-0.2, -0.15) is 0 Å². The molecule has 1 aliphatic rings. The number of esters is 1. The van der Waals surface area contributed by atoms with Gasteiger partial charge in [0.25, 0.3) is 0 Å². The Morgan fingerprint density at radius 1 is 1.30 bits per heavy atom. The van der Waals surface area contributed by atoms with Crippen LogP contribution < -0.4 is 0 Å². The molecule has 0 saturated carbocycles. The van der Waals surface area contributed by atoms with Crippen molar-refractivity contribution in [2.75, 3.05) is 0 Å². The van der Waals surface area contributed by atoms with Gasteiger partial charge in [-0.05, 0) is 45.1 Å². The molecule has 0 bridgehead atoms. The Balaban J connectivity index is 1.92. The molecule has 0 N–H and O–H groups in total. The molecular formula is C17H23NO2. The van der Waals surface area contributed by atoms with Crippen LogP contribution in [0.1, 0.15) is 45.6 Å². The first kappa shape index (κ1) is 14.8. The molecule has 20 heavy (non-hydrogen) atoms. The summed E-state index contributed by atoms with van der Waals surface area (Å²) in [4.78, 5) is 15.9. The first-order valence-corrected chi connectivity index (χ1v) is 7.26. The van der Waals surface area contributed by atoms with Crippen molar-refractivity contribution in [3.8, 4) is 0 Å². The summed E-state index contributed by atoms with van der Waals surface area (Å²) in [5, 5.41) is 0. The van der Waals surface area contributed by atoms with Crippen molar-refractivity contribution < 1.29 is 9.53 Å². The molecule has 108 valence electrons. The van der Waals surface area contributed by atoms with Crippen molar-refractivity contribution >= 4 is 11.7 Å². The van der Waals surface area contributed by atoms with Gasteiger partial charge in [0.2, 0.25) is 0 Å². The SMILES string of the molecule is CC(=O)OC(C)(C)C1CCC(CCc2ccccc2)=N1. The number of hydrogen-bond donors (Lipinski definition) is 0. The van der Waals surface area contributed by atoms with E-state index in [1.165, 1.54) is 18.2 Å². The summed E-state index contributed by atoms with van der Waals surface area (Å²) in [5.41, 5.74) is 2.09. The molecule has 0 aliphatic carbocycles. The van der Waals surface area contributed by atoms with E-state index < -0.39 is 5.60 Å². The van der Waals surface area contributed by atoms with E-state index in [4.69, 9.17) is 9.73 Å². The normalized spacial score (nSPS) is 18.8. The average molecular weight is 273 g/mol. The number of rotatable bonds is 5. The van der Waals surface area contributed by atoms with Crippen LogP contribution in [0, 0.1) is 0 Å². The Kier molecular flexibility index (Phi) is 4.58. The fourth-order valence-corrected chi connectivity index (χ4v) is 2.72. The van der Waals surface area contributed by atoms with Gasteiger partial charge in [-0.25, -0.2) is 0 Å². The minimum absolute atomic E-state index is 0.0946. The van der Waals surface area contributed by atoms with Crippen LogP contribution in [0.25, 0.3) is 0 Å². The molecule has 0 spiro atoms. The number of aryl methyl sites for hydroxylation is 1. The first-order valence-electron chi connectivity index (χ1n) is 7.26. The number of carbonyl (C=O) groups excluding carboxylic acids is 1. The van der Waals surface area contributed by atoms with Gasteiger partial charge in [-0.3, -0.25) is 9.79 Å². The molecule has 1 aromatic rings. The highest BCUT2D eigenvalue weighted by atomic mass is 16.6. The van der Waals surface area contributed by atoms with Gasteiger partial charge in [0, 0.05) is 12.6 Å². The van der Waals surface area contributed by atoms with Crippen molar-refractivity contribution in [2.24, 2.45) is 4.99 Å². The summed E-state index contributed by atoms with van der Waals surface area (Å²) in [6.45, 7) is 5.35. The highest BCUT2D eigenvalue weighted by molar-refractivity contribution is 5.86. The number of carbonyl (C=O) groups is 1. The summed E-state index contributed by atoms with van der Waals surface area (Å²) in [6, 6.07) is 10.6. The van der Waals surface area contributed by atoms with E-state index in [0.29, 0.717) is 0 Å². The lowest BCUT2D eigenvalue weighted by Gasteiger charge is -2.28. The van der Waals surface area contributed by atoms with Gasteiger partial charge in [0.1, 0.15) is 5.60 Å². The van der Waals surface area contributed by atoms with Crippen molar-refractivity contribution in [1.82, 2.24) is 0 Å². The number of hydrogen-bond acceptors (Lipinski definition) is 3. The van der Waals surface area contributed by atoms with Gasteiger partial charge >= 0.3 is 5.97 Å². The maximum Gasteiger partial charge on any atom is 0.303 e. The quantitative estimate of drug-likeness (QED) is 0.769. The third-order valence-corrected chi connectivity index (χ3v) is 3.80. The summed E-state index contributed by atoms with van der Waals surface area (Å²) >= 11 is 0. The Morgan fingerprint density at radius 3 is 2.65 bits per heavy atom. The van der Waals surface area contributed by atoms with E-state index in [1.54, 1.807) is 0 Å². The molecule has 2 rings (SSSR count). The lowest BCUT2D eigenvalue weighted by atomic mass is 9.96. The number of ether oxygens (including phenoxy) is 1. The molecule has 1 heterocycles. The third kappa shape index (κ3) is 3.92. The molecule has 0 saturated heterocycles. The monoisotopic (exact) mass is 273 g/mol. The van der Waals surface area contributed by atoms with Crippen molar-refractivity contribution in [2.45, 2.75) is 58.1 Å². The lowest BCUT2D eigenvalue weighted by molar-refractivity contribution is -0.155. The highest BCUT2D eigenvalue weighted by Gasteiger charge is 2.35. The van der Waals surface area contributed by atoms with E-state index in [-0.39, 0.29) is 12.0 Å². The predicted octanol–water partition coefficient (Wildman–Crippen LogP) is 3.56. The molecule has 3 nitrogen and oxygen atoms in total. The Hall–Kier alpha value is -1.64. The molecule has 1 aromatic carbocycles. The average Bonchev–Trinajstić information content (AvgIpc) is 2.86. The van der Waals surface area contributed by atoms with Crippen LogP contribution in [-0.4, -0.2) is 23.3 Å². The van der Waals surface area contributed by atoms with Crippen molar-refractivity contribution in [3.05, 3.63) is 35.9 Å². The van der Waals surface area contributed by atoms with Gasteiger partial charge in [-0.15, -0.1) is 0 Å². The molecule has 3 heteroatoms. The Bertz CT molecular complexity index is 491. The van der Waals surface area contributed by atoms with Crippen LogP contribution in [0.15, 0.2) is 35.3 Å². The zero-order valence-electron chi connectivity index (χ0n) is 12.6. The van der Waals surface area contributed by atoms with E-state index in [9.17, 15) is 4.79 Å². The van der Waals surface area contributed by atoms with Gasteiger partial charge in [0.15, 0.2) is 0 Å². The van der Waals surface area contributed by atoms with Crippen LogP contribution in [0.4, 0.5) is 0 Å². The standard InChI is InChI=1S/C17H23NO2/c1-13(19)20-17(2,3)16-12-11-15(18-16)10-9-14-7-5-4-6-8-14/h4-8,16H,9-12H2,1-3H3. The second-order valence-electron chi connectivity index (χ2n) is 5.93. The van der Waals surface area contributed by atoms with Crippen molar-refractivity contribution in [1.29, 1.82) is 0 Å². The molecule has 1 unspecified atom stereocenters. The summed E-state index contributed by atoms with van der Waals surface area (Å²) in [7, 11) is 0. The van der Waals surface area contributed by atoms with Gasteiger partial charge in [0.05, 0.1) is 6.04 Å². The third-order valence-electron chi connectivity index (χ3n) is 3.80. The molecule has 1 aliphatic heterocycles. The second-order valence-corrected chi connectivity index (χ2v) is 5.93. The molecule has 1 atom stereocenters. The van der Waals surface area contributed by atoms with Crippen LogP contribution >= 0.6 is 0 Å². The van der Waals surface area contributed by atoms with E-state index in [2.05, 4.69) is 24.3 Å². The predicted molar refractivity (Wildman–Crippen MR) is 81.1 cm³/mol. The molecular weight excluding hydrogens is 250 g/mol. The van der Waals surface area contributed by atoms with Crippen LogP contribution in [-0.2, 0) is 16.0 Å². The molecule has 0 aromatic heterocycles. The summed E-state index contributed by atoms with van der Waals surface area (Å²) < 4.78 is 5.39. The van der Waals surface area contributed by atoms with Crippen LogP contribution in [0.5, 0.6) is 0 Å². The lowest BCUT2D eigenvalue weighted by Crippen LogP contribution is -2.38. The first-order chi connectivity index (χ1) is 9.47. The second kappa shape index (κ2) is 6.21. The van der Waals surface area contributed by atoms with Crippen LogP contribution in [0.3, 0.4) is 0 Å². The van der Waals surface area contributed by atoms with Crippen molar-refractivity contribution in [3.63, 3.8) is 0 Å². The fourth-order valence-electron chi connectivity index (χ4n) is 2.72. The number of benzene rings is 1. The molecule has 0 fully saturated rings. The minimum atomic E-state index is -0.500. The maximum absolute atomic E-state index is 11.1. The van der Waals surface area contributed by atoms with E-state index in [0.717, 1.165) is 25.7 Å². The highest BCUT2D eigenvalue weighted by Crippen LogP contribution is 2.28. The van der Waals surface area contributed by atoms with Gasteiger partial charge < -0.3 is 4.74 Å². The number of nitrogens with zero attached hydrogens (tertiary/aromatic N) is 1. The number of aliphatic imine (C=N–C) groups is 1. The maximum atomic E-state index is 11.1. The molecule has 0 radical (unpaired) electrons. The minimum Gasteiger partial charge on any atom is -0.458 e. The smallest absolute Gasteiger partial charge is 0.303 e. The Labute approximate surface area is 121 Å². The Morgan fingerprint density at radius 2 is 2.00 bits per heavy atom. The zero-order chi connectivity index (χ0) is 14.6. The fraction of sp³-hybridized carbons (Fsp3) is 0.529. The van der Waals surface area contributed by atoms with E-state index in [1.807, 2.05) is 19.9 Å². The molecule has 0 amide bonds. The van der Waals surface area contributed by atoms with Gasteiger partial charge in [-0.1, -0.05) is 30.3 Å². The van der Waals surface area contributed by atoms with Crippen LogP contribution in [0.2, 0.25) is 0 Å². The topological polar surface area (TPSA) is 38.7 Å². The summed E-state index contributed by atoms with van der Waals surface area (Å²) in [6.07, 6.45) is 4.02. The summed E-state index contributed by atoms with van der Waals surface area (Å²) in [5.74, 6) is -0.233. The van der Waals surface area contributed by atoms with E-state index >= 15 is 0 Å².